The Hall–Kier alpha value is -2.27. The molecule has 0 amide bonds. The van der Waals surface area contributed by atoms with Crippen LogP contribution in [0, 0.1) is 6.57 Å². The number of nitrogens with one attached hydrogen (secondary N) is 1. The SMILES string of the molecule is [C-]#[N+]c1cc(C(F)(F)F)c2[nH]c(=O)n(CCN(CC)CC)c2c1. The van der Waals surface area contributed by atoms with Crippen molar-refractivity contribution in [3.05, 3.63) is 39.6 Å². The summed E-state index contributed by atoms with van der Waals surface area (Å²) in [6.45, 7) is 13.3. The fraction of sp³-hybridized carbons (Fsp3) is 0.467. The van der Waals surface area contributed by atoms with Gasteiger partial charge in [-0.3, -0.25) is 4.57 Å². The van der Waals surface area contributed by atoms with Gasteiger partial charge in [-0.25, -0.2) is 9.64 Å². The molecule has 5 nitrogen and oxygen atoms in total. The molecule has 0 spiro atoms. The standard InChI is InChI=1S/C15H17F3N4O/c1-4-21(5-2)6-7-22-12-9-10(19-3)8-11(15(16,17)18)13(12)20-14(22)23/h8-9H,4-7H2,1-2H3,(H,20,23). The van der Waals surface area contributed by atoms with Crippen LogP contribution in [0.5, 0.6) is 0 Å². The van der Waals surface area contributed by atoms with E-state index in [4.69, 9.17) is 6.57 Å². The summed E-state index contributed by atoms with van der Waals surface area (Å²) in [6.07, 6.45) is -4.63. The van der Waals surface area contributed by atoms with E-state index in [1.807, 2.05) is 13.8 Å². The highest BCUT2D eigenvalue weighted by molar-refractivity contribution is 5.84. The molecular formula is C15H17F3N4O. The molecule has 2 rings (SSSR count). The zero-order chi connectivity index (χ0) is 17.2. The van der Waals surface area contributed by atoms with Crippen molar-refractivity contribution in [2.24, 2.45) is 0 Å². The molecule has 0 atom stereocenters. The van der Waals surface area contributed by atoms with E-state index < -0.39 is 17.4 Å². The molecule has 0 aliphatic carbocycles. The van der Waals surface area contributed by atoms with Gasteiger partial charge >= 0.3 is 11.9 Å². The number of halogens is 3. The van der Waals surface area contributed by atoms with Crippen molar-refractivity contribution in [2.45, 2.75) is 26.6 Å². The summed E-state index contributed by atoms with van der Waals surface area (Å²) >= 11 is 0. The van der Waals surface area contributed by atoms with Crippen molar-refractivity contribution in [1.29, 1.82) is 0 Å². The van der Waals surface area contributed by atoms with E-state index in [9.17, 15) is 18.0 Å². The van der Waals surface area contributed by atoms with E-state index in [1.165, 1.54) is 10.6 Å². The van der Waals surface area contributed by atoms with Crippen LogP contribution >= 0.6 is 0 Å². The lowest BCUT2D eigenvalue weighted by molar-refractivity contribution is -0.136. The number of likely N-dealkylation sites (N-methyl/N-ethyl adjacent to an activating group) is 1. The van der Waals surface area contributed by atoms with Crippen LogP contribution in [0.25, 0.3) is 15.9 Å². The topological polar surface area (TPSA) is 45.4 Å². The van der Waals surface area contributed by atoms with Crippen molar-refractivity contribution >= 4 is 16.7 Å². The maximum Gasteiger partial charge on any atom is 0.417 e. The Morgan fingerprint density at radius 1 is 1.30 bits per heavy atom. The van der Waals surface area contributed by atoms with E-state index in [0.717, 1.165) is 19.2 Å². The molecule has 0 bridgehead atoms. The minimum atomic E-state index is -4.63. The minimum absolute atomic E-state index is 0.114. The lowest BCUT2D eigenvalue weighted by Crippen LogP contribution is -2.30. The maximum absolute atomic E-state index is 13.2. The number of imidazole rings is 1. The first-order valence-electron chi connectivity index (χ1n) is 7.25. The minimum Gasteiger partial charge on any atom is -0.305 e. The smallest absolute Gasteiger partial charge is 0.305 e. The van der Waals surface area contributed by atoms with Crippen molar-refractivity contribution in [2.75, 3.05) is 19.6 Å². The van der Waals surface area contributed by atoms with Gasteiger partial charge in [0.05, 0.1) is 23.2 Å². The maximum atomic E-state index is 13.2. The number of hydrogen-bond acceptors (Lipinski definition) is 2. The normalized spacial score (nSPS) is 12.0. The molecule has 8 heteroatoms. The van der Waals surface area contributed by atoms with Crippen molar-refractivity contribution in [3.63, 3.8) is 0 Å². The van der Waals surface area contributed by atoms with Crippen LogP contribution in [0.15, 0.2) is 16.9 Å². The van der Waals surface area contributed by atoms with Gasteiger partial charge in [0.1, 0.15) is 0 Å². The Morgan fingerprint density at radius 2 is 1.96 bits per heavy atom. The zero-order valence-electron chi connectivity index (χ0n) is 12.9. The first-order chi connectivity index (χ1) is 10.8. The highest BCUT2D eigenvalue weighted by Crippen LogP contribution is 2.36. The summed E-state index contributed by atoms with van der Waals surface area (Å²) in [5, 5.41) is 0. The van der Waals surface area contributed by atoms with E-state index in [1.54, 1.807) is 0 Å². The summed E-state index contributed by atoms with van der Waals surface area (Å²) in [5.74, 6) is 0. The lowest BCUT2D eigenvalue weighted by atomic mass is 10.1. The third-order valence-electron chi connectivity index (χ3n) is 3.84. The molecular weight excluding hydrogens is 309 g/mol. The quantitative estimate of drug-likeness (QED) is 0.858. The van der Waals surface area contributed by atoms with Crippen LogP contribution in [-0.4, -0.2) is 34.1 Å². The van der Waals surface area contributed by atoms with Gasteiger partial charge in [0.25, 0.3) is 0 Å². The molecule has 0 aliphatic heterocycles. The van der Waals surface area contributed by atoms with Gasteiger partial charge < -0.3 is 9.88 Å². The number of aromatic amines is 1. The molecule has 23 heavy (non-hydrogen) atoms. The number of hydrogen-bond donors (Lipinski definition) is 1. The molecule has 1 N–H and O–H groups in total. The molecule has 0 saturated carbocycles. The second-order valence-corrected chi connectivity index (χ2v) is 5.11. The second kappa shape index (κ2) is 6.46. The Bertz CT molecular complexity index is 794. The molecule has 124 valence electrons. The fourth-order valence-electron chi connectivity index (χ4n) is 2.53. The summed E-state index contributed by atoms with van der Waals surface area (Å²) in [4.78, 5) is 19.5. The number of fused-ring (bicyclic) bond motifs is 1. The summed E-state index contributed by atoms with van der Waals surface area (Å²) < 4.78 is 40.7. The molecule has 0 saturated heterocycles. The third kappa shape index (κ3) is 3.40. The molecule has 1 heterocycles. The number of nitrogens with zero attached hydrogens (tertiary/aromatic N) is 3. The number of benzene rings is 1. The van der Waals surface area contributed by atoms with E-state index in [-0.39, 0.29) is 23.3 Å². The summed E-state index contributed by atoms with van der Waals surface area (Å²) in [6, 6.07) is 2.08. The van der Waals surface area contributed by atoms with Crippen molar-refractivity contribution in [1.82, 2.24) is 14.5 Å². The largest absolute Gasteiger partial charge is 0.417 e. The monoisotopic (exact) mass is 326 g/mol. The van der Waals surface area contributed by atoms with Crippen LogP contribution < -0.4 is 5.69 Å². The predicted octanol–water partition coefficient (Wildman–Crippen LogP) is 3.24. The Labute approximate surface area is 131 Å². The van der Waals surface area contributed by atoms with E-state index in [0.29, 0.717) is 6.54 Å². The Balaban J connectivity index is 2.57. The van der Waals surface area contributed by atoms with Crippen molar-refractivity contribution in [3.8, 4) is 0 Å². The highest BCUT2D eigenvalue weighted by atomic mass is 19.4. The van der Waals surface area contributed by atoms with Gasteiger partial charge in [0.15, 0.2) is 5.69 Å². The van der Waals surface area contributed by atoms with Crippen LogP contribution in [0.4, 0.5) is 18.9 Å². The predicted molar refractivity (Wildman–Crippen MR) is 81.6 cm³/mol. The number of H-pyrrole nitrogens is 1. The first kappa shape index (κ1) is 17.1. The Kier molecular flexibility index (Phi) is 4.80. The lowest BCUT2D eigenvalue weighted by Gasteiger charge is -2.18. The van der Waals surface area contributed by atoms with Gasteiger partial charge in [-0.05, 0) is 25.2 Å². The van der Waals surface area contributed by atoms with Crippen molar-refractivity contribution < 1.29 is 13.2 Å². The van der Waals surface area contributed by atoms with E-state index in [2.05, 4.69) is 14.7 Å². The Morgan fingerprint density at radius 3 is 2.48 bits per heavy atom. The summed E-state index contributed by atoms with van der Waals surface area (Å²) in [7, 11) is 0. The first-order valence-corrected chi connectivity index (χ1v) is 7.25. The van der Waals surface area contributed by atoms with Crippen LogP contribution in [-0.2, 0) is 12.7 Å². The van der Waals surface area contributed by atoms with Crippen LogP contribution in [0.1, 0.15) is 19.4 Å². The fourth-order valence-corrected chi connectivity index (χ4v) is 2.53. The van der Waals surface area contributed by atoms with E-state index >= 15 is 0 Å². The van der Waals surface area contributed by atoms with Crippen LogP contribution in [0.3, 0.4) is 0 Å². The van der Waals surface area contributed by atoms with Gasteiger partial charge in [-0.1, -0.05) is 13.8 Å². The third-order valence-corrected chi connectivity index (χ3v) is 3.84. The number of alkyl halides is 3. The average molecular weight is 326 g/mol. The highest BCUT2D eigenvalue weighted by Gasteiger charge is 2.34. The number of rotatable bonds is 5. The van der Waals surface area contributed by atoms with Gasteiger partial charge in [-0.15, -0.1) is 0 Å². The van der Waals surface area contributed by atoms with Crippen LogP contribution in [0.2, 0.25) is 0 Å². The zero-order valence-corrected chi connectivity index (χ0v) is 12.9. The molecule has 1 aromatic carbocycles. The second-order valence-electron chi connectivity index (χ2n) is 5.11. The van der Waals surface area contributed by atoms with Gasteiger partial charge in [0, 0.05) is 13.1 Å². The molecule has 0 unspecified atom stereocenters. The molecule has 0 fully saturated rings. The molecule has 2 aromatic rings. The van der Waals surface area contributed by atoms with Gasteiger partial charge in [-0.2, -0.15) is 13.2 Å². The molecule has 1 aromatic heterocycles. The molecule has 0 radical (unpaired) electrons. The summed E-state index contributed by atoms with van der Waals surface area (Å²) in [5.41, 5.74) is -1.88. The average Bonchev–Trinajstić information content (AvgIpc) is 2.82. The number of aromatic nitrogens is 2. The molecule has 0 aliphatic rings. The van der Waals surface area contributed by atoms with Gasteiger partial charge in [0.2, 0.25) is 0 Å².